The largest absolute Gasteiger partial charge is 0.481 e. The van der Waals surface area contributed by atoms with E-state index in [2.05, 4.69) is 36.6 Å². The lowest BCUT2D eigenvalue weighted by Crippen LogP contribution is -2.42. The maximum Gasteiger partial charge on any atom is 0.243 e. The second-order valence-corrected chi connectivity index (χ2v) is 9.71. The predicted molar refractivity (Wildman–Crippen MR) is 140 cm³/mol. The lowest BCUT2D eigenvalue weighted by atomic mass is 10.2. The summed E-state index contributed by atoms with van der Waals surface area (Å²) in [4.78, 5) is 12.1. The molecular formula is C24H28FN7O4S. The third kappa shape index (κ3) is 6.62. The molecule has 0 aliphatic heterocycles. The Labute approximate surface area is 214 Å². The zero-order valence-electron chi connectivity index (χ0n) is 20.9. The molecule has 0 fully saturated rings. The third-order valence-corrected chi connectivity index (χ3v) is 6.82. The molecule has 0 unspecified atom stereocenters. The fraction of sp³-hybridized carbons (Fsp3) is 0.292. The second-order valence-electron chi connectivity index (χ2n) is 7.67. The molecule has 3 aromatic rings. The van der Waals surface area contributed by atoms with E-state index in [0.717, 1.165) is 6.20 Å². The summed E-state index contributed by atoms with van der Waals surface area (Å²) in [6.45, 7) is 7.89. The van der Waals surface area contributed by atoms with Crippen molar-refractivity contribution in [1.82, 2.24) is 19.7 Å². The molecule has 0 aliphatic rings. The van der Waals surface area contributed by atoms with E-state index in [1.165, 1.54) is 25.5 Å². The van der Waals surface area contributed by atoms with Crippen LogP contribution in [0.25, 0.3) is 17.2 Å². The summed E-state index contributed by atoms with van der Waals surface area (Å²) >= 11 is 0. The number of hydrogen-bond acceptors (Lipinski definition) is 8. The van der Waals surface area contributed by atoms with Crippen LogP contribution in [0.15, 0.2) is 70.5 Å². The molecule has 2 atom stereocenters. The maximum atomic E-state index is 13.5. The Hall–Kier alpha value is -3.97. The van der Waals surface area contributed by atoms with Crippen molar-refractivity contribution in [2.45, 2.75) is 32.1 Å². The molecule has 13 heteroatoms. The molecule has 0 bridgehead atoms. The summed E-state index contributed by atoms with van der Waals surface area (Å²) in [5.74, 6) is -0.0910. The van der Waals surface area contributed by atoms with Gasteiger partial charge in [0.05, 0.1) is 19.0 Å². The normalized spacial score (nSPS) is 14.2. The first-order valence-electron chi connectivity index (χ1n) is 11.2. The summed E-state index contributed by atoms with van der Waals surface area (Å²) in [5.41, 5.74) is 1.01. The van der Waals surface area contributed by atoms with Gasteiger partial charge < -0.3 is 9.47 Å². The molecule has 0 spiro atoms. The molecule has 2 aromatic heterocycles. The van der Waals surface area contributed by atoms with E-state index in [1.807, 2.05) is 6.07 Å². The quantitative estimate of drug-likeness (QED) is 0.295. The minimum atomic E-state index is -4.17. The van der Waals surface area contributed by atoms with E-state index in [1.54, 1.807) is 49.4 Å². The number of nitrogens with zero attached hydrogens (tertiary/aromatic N) is 6. The van der Waals surface area contributed by atoms with Crippen molar-refractivity contribution in [2.75, 3.05) is 18.4 Å². The molecule has 1 N–H and O–H groups in total. The van der Waals surface area contributed by atoms with E-state index in [4.69, 9.17) is 9.47 Å². The van der Waals surface area contributed by atoms with Crippen LogP contribution >= 0.6 is 0 Å². The van der Waals surface area contributed by atoms with Crippen LogP contribution in [0.5, 0.6) is 5.88 Å². The molecule has 1 aromatic carbocycles. The SMILES string of the molecule is C=NC(=N/C=C(\C)F)[C@@H](OCC)[C@H](C)S(=O)(=O)Nc1nnc(-c2cccc(OC)n2)n1-c1ccccc1. The van der Waals surface area contributed by atoms with Crippen LogP contribution in [0.3, 0.4) is 0 Å². The Morgan fingerprint density at radius 1 is 1.22 bits per heavy atom. The fourth-order valence-electron chi connectivity index (χ4n) is 3.33. The van der Waals surface area contributed by atoms with Gasteiger partial charge in [-0.1, -0.05) is 24.3 Å². The molecule has 2 heterocycles. The number of aliphatic imine (C=N–C) groups is 2. The number of nitrogens with one attached hydrogen (secondary N) is 1. The Balaban J connectivity index is 2.06. The van der Waals surface area contributed by atoms with Crippen LogP contribution in [-0.2, 0) is 14.8 Å². The highest BCUT2D eigenvalue weighted by Gasteiger charge is 2.35. The lowest BCUT2D eigenvalue weighted by molar-refractivity contribution is 0.108. The highest BCUT2D eigenvalue weighted by Crippen LogP contribution is 2.27. The smallest absolute Gasteiger partial charge is 0.243 e. The average Bonchev–Trinajstić information content (AvgIpc) is 3.31. The lowest BCUT2D eigenvalue weighted by Gasteiger charge is -2.23. The van der Waals surface area contributed by atoms with Gasteiger partial charge in [-0.05, 0) is 45.7 Å². The molecule has 0 amide bonds. The number of halogens is 1. The molecule has 0 saturated heterocycles. The topological polar surface area (TPSA) is 133 Å². The maximum absolute atomic E-state index is 13.5. The van der Waals surface area contributed by atoms with Gasteiger partial charge >= 0.3 is 0 Å². The molecule has 37 heavy (non-hydrogen) atoms. The van der Waals surface area contributed by atoms with Crippen LogP contribution in [0, 0.1) is 0 Å². The summed E-state index contributed by atoms with van der Waals surface area (Å²) in [7, 11) is -2.68. The Bertz CT molecular complexity index is 1390. The Morgan fingerprint density at radius 3 is 2.57 bits per heavy atom. The van der Waals surface area contributed by atoms with E-state index < -0.39 is 27.2 Å². The van der Waals surface area contributed by atoms with Crippen molar-refractivity contribution >= 4 is 28.5 Å². The van der Waals surface area contributed by atoms with Crippen molar-refractivity contribution < 1.29 is 22.3 Å². The van der Waals surface area contributed by atoms with Crippen LogP contribution < -0.4 is 9.46 Å². The third-order valence-electron chi connectivity index (χ3n) is 5.13. The van der Waals surface area contributed by atoms with Gasteiger partial charge in [0.25, 0.3) is 0 Å². The number of sulfonamides is 1. The number of pyridine rings is 1. The van der Waals surface area contributed by atoms with Crippen LogP contribution in [0.1, 0.15) is 20.8 Å². The van der Waals surface area contributed by atoms with Gasteiger partial charge in [0, 0.05) is 12.7 Å². The van der Waals surface area contributed by atoms with Gasteiger partial charge in [-0.2, -0.15) is 0 Å². The van der Waals surface area contributed by atoms with Crippen molar-refractivity contribution in [3.05, 3.63) is 60.6 Å². The van der Waals surface area contributed by atoms with Crippen molar-refractivity contribution in [3.8, 4) is 23.1 Å². The van der Waals surface area contributed by atoms with Gasteiger partial charge in [-0.25, -0.2) is 27.8 Å². The van der Waals surface area contributed by atoms with E-state index >= 15 is 0 Å². The van der Waals surface area contributed by atoms with E-state index in [0.29, 0.717) is 17.3 Å². The summed E-state index contributed by atoms with van der Waals surface area (Å²) in [6, 6.07) is 14.1. The number of allylic oxidation sites excluding steroid dienone is 1. The zero-order chi connectivity index (χ0) is 27.0. The monoisotopic (exact) mass is 529 g/mol. The second kappa shape index (κ2) is 12.3. The summed E-state index contributed by atoms with van der Waals surface area (Å²) in [6.07, 6.45) is -0.217. The van der Waals surface area contributed by atoms with Gasteiger partial charge in [0.2, 0.25) is 21.9 Å². The van der Waals surface area contributed by atoms with Gasteiger partial charge in [0.15, 0.2) is 11.7 Å². The van der Waals surface area contributed by atoms with Crippen molar-refractivity contribution in [2.24, 2.45) is 9.98 Å². The van der Waals surface area contributed by atoms with Crippen molar-refractivity contribution in [3.63, 3.8) is 0 Å². The van der Waals surface area contributed by atoms with Crippen molar-refractivity contribution in [1.29, 1.82) is 0 Å². The average molecular weight is 530 g/mol. The Kier molecular flexibility index (Phi) is 9.20. The number of amidine groups is 1. The van der Waals surface area contributed by atoms with E-state index in [-0.39, 0.29) is 24.2 Å². The number of rotatable bonds is 11. The number of methoxy groups -OCH3 is 1. The number of aromatic nitrogens is 4. The van der Waals surface area contributed by atoms with Gasteiger partial charge in [-0.15, -0.1) is 10.2 Å². The number of benzene rings is 1. The van der Waals surface area contributed by atoms with Crippen LogP contribution in [0.4, 0.5) is 10.3 Å². The number of para-hydroxylation sites is 1. The number of ether oxygens (including phenoxy) is 2. The number of hydrogen-bond donors (Lipinski definition) is 1. The first kappa shape index (κ1) is 27.6. The molecule has 0 radical (unpaired) electrons. The van der Waals surface area contributed by atoms with E-state index in [9.17, 15) is 12.8 Å². The molecule has 0 aliphatic carbocycles. The highest BCUT2D eigenvalue weighted by molar-refractivity contribution is 7.93. The first-order valence-corrected chi connectivity index (χ1v) is 12.8. The summed E-state index contributed by atoms with van der Waals surface area (Å²) in [5, 5.41) is 7.08. The predicted octanol–water partition coefficient (Wildman–Crippen LogP) is 3.80. The molecule has 0 saturated carbocycles. The van der Waals surface area contributed by atoms with Gasteiger partial charge in [0.1, 0.15) is 22.9 Å². The summed E-state index contributed by atoms with van der Waals surface area (Å²) < 4.78 is 55.1. The number of anilines is 1. The zero-order valence-corrected chi connectivity index (χ0v) is 21.7. The van der Waals surface area contributed by atoms with Gasteiger partial charge in [-0.3, -0.25) is 9.29 Å². The first-order chi connectivity index (χ1) is 17.7. The standard InChI is InChI=1S/C24H28FN7O4S/c1-6-36-21(22(26-4)27-15-16(2)25)17(3)37(33,34)31-24-30-29-23(19-13-10-14-20(28-19)35-5)32(24)18-11-8-7-9-12-18/h7-15,17,21H,4,6H2,1-3,5H3,(H,30,31)/b16-15+,27-22?/t17-,21-/m0/s1. The highest BCUT2D eigenvalue weighted by atomic mass is 32.2. The minimum Gasteiger partial charge on any atom is -0.481 e. The minimum absolute atomic E-state index is 0.0718. The molecular weight excluding hydrogens is 501 g/mol. The fourth-order valence-corrected chi connectivity index (χ4v) is 4.43. The Morgan fingerprint density at radius 2 is 1.95 bits per heavy atom. The molecule has 3 rings (SSSR count). The molecule has 196 valence electrons. The van der Waals surface area contributed by atoms with Crippen LogP contribution in [-0.4, -0.2) is 65.8 Å². The molecule has 11 nitrogen and oxygen atoms in total. The van der Waals surface area contributed by atoms with Crippen LogP contribution in [0.2, 0.25) is 0 Å².